The van der Waals surface area contributed by atoms with E-state index >= 15 is 0 Å². The van der Waals surface area contributed by atoms with E-state index in [0.717, 1.165) is 23.3 Å². The molecule has 1 aliphatic heterocycles. The Labute approximate surface area is 113 Å². The highest BCUT2D eigenvalue weighted by Crippen LogP contribution is 2.33. The molecule has 2 nitrogen and oxygen atoms in total. The first-order valence-electron chi connectivity index (χ1n) is 6.04. The predicted octanol–water partition coefficient (Wildman–Crippen LogP) is 3.62. The van der Waals surface area contributed by atoms with Crippen LogP contribution < -0.4 is 5.32 Å². The molecule has 1 N–H and O–H groups in total. The Hall–Kier alpha value is -2.30. The summed E-state index contributed by atoms with van der Waals surface area (Å²) in [5, 5.41) is 2.71. The first-order chi connectivity index (χ1) is 9.47. The van der Waals surface area contributed by atoms with Gasteiger partial charge in [0.05, 0.1) is 5.56 Å². The number of amides is 1. The lowest BCUT2D eigenvalue weighted by Crippen LogP contribution is -2.12. The van der Waals surface area contributed by atoms with Gasteiger partial charge in [0.2, 0.25) is 0 Å². The van der Waals surface area contributed by atoms with Crippen molar-refractivity contribution in [1.82, 2.24) is 5.32 Å². The second-order valence-electron chi connectivity index (χ2n) is 4.59. The molecule has 3 rings (SSSR count). The molecular weight excluding hydrogens is 267 g/mol. The van der Waals surface area contributed by atoms with Crippen molar-refractivity contribution in [3.05, 3.63) is 59.2 Å². The second-order valence-corrected chi connectivity index (χ2v) is 4.59. The number of alkyl halides is 3. The molecule has 2 aromatic rings. The minimum atomic E-state index is -4.34. The summed E-state index contributed by atoms with van der Waals surface area (Å²) in [6, 6.07) is 10.2. The predicted molar refractivity (Wildman–Crippen MR) is 68.1 cm³/mol. The van der Waals surface area contributed by atoms with E-state index in [4.69, 9.17) is 0 Å². The van der Waals surface area contributed by atoms with E-state index in [-0.39, 0.29) is 5.91 Å². The molecule has 1 heterocycles. The zero-order valence-electron chi connectivity index (χ0n) is 10.3. The molecule has 1 aliphatic rings. The minimum Gasteiger partial charge on any atom is -0.348 e. The molecule has 0 saturated carbocycles. The number of benzene rings is 2. The van der Waals surface area contributed by atoms with Crippen molar-refractivity contribution < 1.29 is 18.0 Å². The first-order valence-corrected chi connectivity index (χ1v) is 6.04. The number of fused-ring (bicyclic) bond motifs is 1. The highest BCUT2D eigenvalue weighted by molar-refractivity contribution is 6.00. The van der Waals surface area contributed by atoms with Crippen molar-refractivity contribution in [3.63, 3.8) is 0 Å². The molecule has 5 heteroatoms. The largest absolute Gasteiger partial charge is 0.416 e. The normalized spacial score (nSPS) is 14.1. The Balaban J connectivity index is 2.05. The summed E-state index contributed by atoms with van der Waals surface area (Å²) in [6.45, 7) is 0.408. The number of carbonyl (C=O) groups excluding carboxylic acids is 1. The van der Waals surface area contributed by atoms with Gasteiger partial charge in [-0.25, -0.2) is 0 Å². The van der Waals surface area contributed by atoms with Crippen LogP contribution in [-0.4, -0.2) is 5.91 Å². The molecule has 0 aliphatic carbocycles. The van der Waals surface area contributed by atoms with Crippen molar-refractivity contribution in [2.45, 2.75) is 12.7 Å². The number of hydrogen-bond acceptors (Lipinski definition) is 1. The number of nitrogens with one attached hydrogen (secondary N) is 1. The fraction of sp³-hybridized carbons (Fsp3) is 0.133. The quantitative estimate of drug-likeness (QED) is 0.847. The lowest BCUT2D eigenvalue weighted by atomic mass is 9.96. The van der Waals surface area contributed by atoms with Gasteiger partial charge < -0.3 is 5.32 Å². The van der Waals surface area contributed by atoms with Gasteiger partial charge in [0.1, 0.15) is 0 Å². The Bertz CT molecular complexity index is 675. The molecule has 0 spiro atoms. The number of halogens is 3. The average molecular weight is 277 g/mol. The molecular formula is C15H10F3NO. The lowest BCUT2D eigenvalue weighted by molar-refractivity contribution is -0.137. The first kappa shape index (κ1) is 12.7. The minimum absolute atomic E-state index is 0.145. The Morgan fingerprint density at radius 1 is 0.950 bits per heavy atom. The van der Waals surface area contributed by atoms with Crippen LogP contribution >= 0.6 is 0 Å². The molecule has 0 atom stereocenters. The van der Waals surface area contributed by atoms with Crippen LogP contribution in [0.1, 0.15) is 21.5 Å². The lowest BCUT2D eigenvalue weighted by Gasteiger charge is -2.10. The molecule has 0 fully saturated rings. The molecule has 0 bridgehead atoms. The summed E-state index contributed by atoms with van der Waals surface area (Å²) in [5.41, 5.74) is 2.20. The summed E-state index contributed by atoms with van der Waals surface area (Å²) < 4.78 is 37.6. The maximum Gasteiger partial charge on any atom is 0.416 e. The van der Waals surface area contributed by atoms with Gasteiger partial charge >= 0.3 is 6.18 Å². The van der Waals surface area contributed by atoms with Crippen molar-refractivity contribution >= 4 is 5.91 Å². The van der Waals surface area contributed by atoms with Crippen LogP contribution in [0, 0.1) is 0 Å². The number of hydrogen-bond donors (Lipinski definition) is 1. The third-order valence-corrected chi connectivity index (χ3v) is 3.37. The second kappa shape index (κ2) is 4.37. The summed E-state index contributed by atoms with van der Waals surface area (Å²) in [7, 11) is 0. The molecule has 20 heavy (non-hydrogen) atoms. The topological polar surface area (TPSA) is 29.1 Å². The van der Waals surface area contributed by atoms with E-state index in [9.17, 15) is 18.0 Å². The van der Waals surface area contributed by atoms with Crippen LogP contribution in [0.3, 0.4) is 0 Å². The average Bonchev–Trinajstić information content (AvgIpc) is 2.80. The summed E-state index contributed by atoms with van der Waals surface area (Å²) in [4.78, 5) is 11.6. The van der Waals surface area contributed by atoms with Crippen molar-refractivity contribution in [2.24, 2.45) is 0 Å². The maximum atomic E-state index is 12.5. The van der Waals surface area contributed by atoms with Gasteiger partial charge in [-0.05, 0) is 34.9 Å². The molecule has 0 aromatic heterocycles. The molecule has 0 saturated heterocycles. The van der Waals surface area contributed by atoms with Gasteiger partial charge in [-0.3, -0.25) is 4.79 Å². The van der Waals surface area contributed by atoms with Crippen molar-refractivity contribution in [1.29, 1.82) is 0 Å². The fourth-order valence-corrected chi connectivity index (χ4v) is 2.36. The third kappa shape index (κ3) is 2.05. The monoisotopic (exact) mass is 277 g/mol. The summed E-state index contributed by atoms with van der Waals surface area (Å²) in [6.07, 6.45) is -4.34. The van der Waals surface area contributed by atoms with Crippen LogP contribution in [0.15, 0.2) is 42.5 Å². The fourth-order valence-electron chi connectivity index (χ4n) is 2.36. The van der Waals surface area contributed by atoms with Crippen LogP contribution in [0.4, 0.5) is 13.2 Å². The van der Waals surface area contributed by atoms with E-state index in [1.165, 1.54) is 12.1 Å². The smallest absolute Gasteiger partial charge is 0.348 e. The highest BCUT2D eigenvalue weighted by Gasteiger charge is 2.30. The Kier molecular flexibility index (Phi) is 2.78. The molecule has 1 amide bonds. The van der Waals surface area contributed by atoms with E-state index < -0.39 is 11.7 Å². The maximum absolute atomic E-state index is 12.5. The summed E-state index contributed by atoms with van der Waals surface area (Å²) >= 11 is 0. The Morgan fingerprint density at radius 2 is 1.60 bits per heavy atom. The molecule has 102 valence electrons. The van der Waals surface area contributed by atoms with Crippen LogP contribution in [0.25, 0.3) is 11.1 Å². The van der Waals surface area contributed by atoms with Gasteiger partial charge in [0.25, 0.3) is 5.91 Å². The van der Waals surface area contributed by atoms with Gasteiger partial charge in [0, 0.05) is 12.1 Å². The number of carbonyl (C=O) groups is 1. The van der Waals surface area contributed by atoms with E-state index in [0.29, 0.717) is 17.7 Å². The SMILES string of the molecule is O=C1NCc2c1cccc2-c1ccc(C(F)(F)F)cc1. The van der Waals surface area contributed by atoms with Crippen LogP contribution in [-0.2, 0) is 12.7 Å². The molecule has 0 unspecified atom stereocenters. The molecule has 0 radical (unpaired) electrons. The van der Waals surface area contributed by atoms with E-state index in [1.807, 2.05) is 6.07 Å². The zero-order chi connectivity index (χ0) is 14.3. The van der Waals surface area contributed by atoms with E-state index in [1.54, 1.807) is 12.1 Å². The van der Waals surface area contributed by atoms with Crippen molar-refractivity contribution in [3.8, 4) is 11.1 Å². The highest BCUT2D eigenvalue weighted by atomic mass is 19.4. The van der Waals surface area contributed by atoms with Gasteiger partial charge in [-0.1, -0.05) is 24.3 Å². The number of rotatable bonds is 1. The van der Waals surface area contributed by atoms with Crippen LogP contribution in [0.5, 0.6) is 0 Å². The van der Waals surface area contributed by atoms with Gasteiger partial charge in [-0.15, -0.1) is 0 Å². The summed E-state index contributed by atoms with van der Waals surface area (Å²) in [5.74, 6) is -0.145. The Morgan fingerprint density at radius 3 is 2.25 bits per heavy atom. The van der Waals surface area contributed by atoms with Gasteiger partial charge in [-0.2, -0.15) is 13.2 Å². The van der Waals surface area contributed by atoms with E-state index in [2.05, 4.69) is 5.32 Å². The van der Waals surface area contributed by atoms with Gasteiger partial charge in [0.15, 0.2) is 0 Å². The van der Waals surface area contributed by atoms with Crippen LogP contribution in [0.2, 0.25) is 0 Å². The third-order valence-electron chi connectivity index (χ3n) is 3.37. The van der Waals surface area contributed by atoms with Crippen molar-refractivity contribution in [2.75, 3.05) is 0 Å². The standard InChI is InChI=1S/C15H10F3NO/c16-15(17,18)10-6-4-9(5-7-10)11-2-1-3-12-13(11)8-19-14(12)20/h1-7H,8H2,(H,19,20). The molecule has 2 aromatic carbocycles. The zero-order valence-corrected chi connectivity index (χ0v) is 10.3.